The highest BCUT2D eigenvalue weighted by Gasteiger charge is 2.21. The fourth-order valence-corrected chi connectivity index (χ4v) is 2.41. The molecule has 0 radical (unpaired) electrons. The number of anilines is 2. The molecule has 166 valence electrons. The minimum absolute atomic E-state index is 0.0211. The van der Waals surface area contributed by atoms with Crippen LogP contribution in [0.2, 0.25) is 0 Å². The van der Waals surface area contributed by atoms with E-state index >= 15 is 0 Å². The van der Waals surface area contributed by atoms with Crippen LogP contribution < -0.4 is 21.9 Å². The maximum Gasteiger partial charge on any atom is 0.332 e. The first kappa shape index (κ1) is 23.4. The second-order valence-corrected chi connectivity index (χ2v) is 6.25. The van der Waals surface area contributed by atoms with E-state index in [0.717, 1.165) is 0 Å². The van der Waals surface area contributed by atoms with Gasteiger partial charge in [-0.05, 0) is 31.5 Å². The Morgan fingerprint density at radius 3 is 2.25 bits per heavy atom. The monoisotopic (exact) mass is 442 g/mol. The van der Waals surface area contributed by atoms with E-state index in [1.807, 2.05) is 5.43 Å². The van der Waals surface area contributed by atoms with Crippen LogP contribution in [-0.2, 0) is 4.79 Å². The normalized spacial score (nSPS) is 11.4. The third-order valence-corrected chi connectivity index (χ3v) is 3.88. The number of hydrogen-bond acceptors (Lipinski definition) is 9. The summed E-state index contributed by atoms with van der Waals surface area (Å²) in [5, 5.41) is 32.3. The number of para-hydroxylation sites is 2. The number of rotatable bonds is 8. The molecule has 32 heavy (non-hydrogen) atoms. The van der Waals surface area contributed by atoms with Crippen LogP contribution in [0.5, 0.6) is 0 Å². The molecule has 5 N–H and O–H groups in total. The van der Waals surface area contributed by atoms with Crippen molar-refractivity contribution in [3.63, 3.8) is 0 Å². The summed E-state index contributed by atoms with van der Waals surface area (Å²) in [4.78, 5) is 44.9. The molecule has 14 nitrogen and oxygen atoms in total. The third kappa shape index (κ3) is 6.06. The van der Waals surface area contributed by atoms with Gasteiger partial charge in [-0.2, -0.15) is 10.2 Å². The molecule has 0 spiro atoms. The van der Waals surface area contributed by atoms with Crippen molar-refractivity contribution in [3.8, 4) is 0 Å². The molecule has 0 unspecified atom stereocenters. The highest BCUT2D eigenvalue weighted by molar-refractivity contribution is 6.68. The first-order valence-corrected chi connectivity index (χ1v) is 8.83. The van der Waals surface area contributed by atoms with E-state index in [0.29, 0.717) is 5.56 Å². The lowest BCUT2D eigenvalue weighted by molar-refractivity contribution is -0.384. The highest BCUT2D eigenvalue weighted by Crippen LogP contribution is 2.26. The van der Waals surface area contributed by atoms with Crippen molar-refractivity contribution in [3.05, 3.63) is 68.3 Å². The Morgan fingerprint density at radius 1 is 0.969 bits per heavy atom. The number of urea groups is 1. The second-order valence-electron chi connectivity index (χ2n) is 6.25. The number of carbonyl (C=O) groups is 2. The Kier molecular flexibility index (Phi) is 7.49. The maximum absolute atomic E-state index is 12.8. The fraction of sp³-hybridized carbons (Fsp3) is 0.111. The summed E-state index contributed by atoms with van der Waals surface area (Å²) in [7, 11) is 0. The molecule has 14 heteroatoms. The van der Waals surface area contributed by atoms with Crippen LogP contribution in [0.1, 0.15) is 12.5 Å². The lowest BCUT2D eigenvalue weighted by Crippen LogP contribution is -2.33. The van der Waals surface area contributed by atoms with Gasteiger partial charge in [-0.25, -0.2) is 10.2 Å². The SMILES string of the molecule is CC(=N\NC(N)=O)/C(=N/Nc1ccc(C)cc1[N+](=O)[O-])C(=O)Nc1ccccc1[N+](=O)[O-]. The van der Waals surface area contributed by atoms with Crippen molar-refractivity contribution in [2.75, 3.05) is 10.7 Å². The number of nitrogens with two attached hydrogens (primary N) is 1. The minimum Gasteiger partial charge on any atom is -0.350 e. The molecule has 2 aromatic carbocycles. The molecule has 3 amide bonds. The number of primary amides is 1. The summed E-state index contributed by atoms with van der Waals surface area (Å²) in [6.07, 6.45) is 0. The Hall–Kier alpha value is -4.88. The van der Waals surface area contributed by atoms with E-state index in [9.17, 15) is 29.8 Å². The van der Waals surface area contributed by atoms with E-state index < -0.39 is 27.5 Å². The second kappa shape index (κ2) is 10.2. The number of aryl methyl sites for hydroxylation is 1. The smallest absolute Gasteiger partial charge is 0.332 e. The van der Waals surface area contributed by atoms with Crippen molar-refractivity contribution in [2.45, 2.75) is 13.8 Å². The topological polar surface area (TPSA) is 207 Å². The molecule has 2 aromatic rings. The largest absolute Gasteiger partial charge is 0.350 e. The van der Waals surface area contributed by atoms with Crippen molar-refractivity contribution >= 4 is 46.1 Å². The Morgan fingerprint density at radius 2 is 1.62 bits per heavy atom. The zero-order valence-electron chi connectivity index (χ0n) is 16.9. The van der Waals surface area contributed by atoms with Gasteiger partial charge >= 0.3 is 6.03 Å². The lowest BCUT2D eigenvalue weighted by Gasteiger charge is -2.10. The van der Waals surface area contributed by atoms with Crippen molar-refractivity contribution in [2.24, 2.45) is 15.9 Å². The van der Waals surface area contributed by atoms with E-state index in [1.165, 1.54) is 43.3 Å². The standard InChI is InChI=1S/C18H18N8O6/c1-10-7-8-13(15(9-10)26(31)32)22-23-16(11(2)21-24-18(19)28)17(27)20-12-5-3-4-6-14(12)25(29)30/h3-9,22H,1-2H3,(H,20,27)(H3,19,24,28)/b21-11+,23-16-. The van der Waals surface area contributed by atoms with Gasteiger partial charge in [0.1, 0.15) is 11.4 Å². The van der Waals surface area contributed by atoms with Gasteiger partial charge in [0.15, 0.2) is 5.71 Å². The summed E-state index contributed by atoms with van der Waals surface area (Å²) in [5.41, 5.74) is 8.58. The van der Waals surface area contributed by atoms with Gasteiger partial charge in [0.25, 0.3) is 17.3 Å². The average molecular weight is 442 g/mol. The number of carbonyl (C=O) groups excluding carboxylic acids is 2. The fourth-order valence-electron chi connectivity index (χ4n) is 2.41. The van der Waals surface area contributed by atoms with E-state index in [1.54, 1.807) is 13.0 Å². The van der Waals surface area contributed by atoms with Crippen LogP contribution in [0.25, 0.3) is 0 Å². The molecule has 0 heterocycles. The van der Waals surface area contributed by atoms with Gasteiger partial charge in [0.2, 0.25) is 0 Å². The van der Waals surface area contributed by atoms with Crippen LogP contribution in [0.3, 0.4) is 0 Å². The first-order valence-electron chi connectivity index (χ1n) is 8.83. The third-order valence-electron chi connectivity index (χ3n) is 3.88. The maximum atomic E-state index is 12.8. The van der Waals surface area contributed by atoms with E-state index in [4.69, 9.17) is 5.73 Å². The first-order chi connectivity index (χ1) is 15.1. The molecule has 2 rings (SSSR count). The van der Waals surface area contributed by atoms with Crippen molar-refractivity contribution in [1.82, 2.24) is 5.43 Å². The zero-order chi connectivity index (χ0) is 23.8. The number of nitrogens with one attached hydrogen (secondary N) is 3. The number of benzene rings is 2. The summed E-state index contributed by atoms with van der Waals surface area (Å²) >= 11 is 0. The summed E-state index contributed by atoms with van der Waals surface area (Å²) in [6.45, 7) is 2.97. The summed E-state index contributed by atoms with van der Waals surface area (Å²) in [5.74, 6) is -0.936. The van der Waals surface area contributed by atoms with Gasteiger partial charge in [0.05, 0.1) is 15.6 Å². The molecular formula is C18H18N8O6. The number of amides is 3. The molecule has 0 saturated carbocycles. The predicted octanol–water partition coefficient (Wildman–Crippen LogP) is 2.26. The Bertz CT molecular complexity index is 1140. The highest BCUT2D eigenvalue weighted by atomic mass is 16.6. The van der Waals surface area contributed by atoms with Crippen molar-refractivity contribution in [1.29, 1.82) is 0 Å². The number of hydrazone groups is 2. The van der Waals surface area contributed by atoms with Gasteiger partial charge in [-0.1, -0.05) is 18.2 Å². The molecular weight excluding hydrogens is 424 g/mol. The van der Waals surface area contributed by atoms with Crippen LogP contribution in [0.15, 0.2) is 52.7 Å². The van der Waals surface area contributed by atoms with Crippen LogP contribution in [-0.4, -0.2) is 33.2 Å². The lowest BCUT2D eigenvalue weighted by atomic mass is 10.2. The van der Waals surface area contributed by atoms with Gasteiger partial charge in [0, 0.05) is 12.1 Å². The van der Waals surface area contributed by atoms with Crippen molar-refractivity contribution < 1.29 is 19.4 Å². The molecule has 0 aliphatic rings. The molecule has 0 atom stereocenters. The van der Waals surface area contributed by atoms with Gasteiger partial charge in [-0.3, -0.25) is 30.4 Å². The van der Waals surface area contributed by atoms with Crippen LogP contribution >= 0.6 is 0 Å². The molecule has 0 aliphatic heterocycles. The summed E-state index contributed by atoms with van der Waals surface area (Å²) in [6, 6.07) is 8.67. The van der Waals surface area contributed by atoms with Crippen LogP contribution in [0, 0.1) is 27.2 Å². The Balaban J connectivity index is 2.44. The molecule has 0 aliphatic carbocycles. The quantitative estimate of drug-likeness (QED) is 0.272. The minimum atomic E-state index is -1.01. The van der Waals surface area contributed by atoms with Crippen LogP contribution in [0.4, 0.5) is 27.5 Å². The summed E-state index contributed by atoms with van der Waals surface area (Å²) < 4.78 is 0. The molecule has 0 saturated heterocycles. The number of hydrogen-bond donors (Lipinski definition) is 4. The zero-order valence-corrected chi connectivity index (χ0v) is 16.9. The van der Waals surface area contributed by atoms with Gasteiger partial charge < -0.3 is 11.1 Å². The molecule has 0 aromatic heterocycles. The number of nitro benzene ring substituents is 2. The predicted molar refractivity (Wildman–Crippen MR) is 116 cm³/mol. The molecule has 0 bridgehead atoms. The van der Waals surface area contributed by atoms with Gasteiger partial charge in [-0.15, -0.1) is 0 Å². The van der Waals surface area contributed by atoms with E-state index in [-0.39, 0.29) is 28.5 Å². The number of nitrogens with zero attached hydrogens (tertiary/aromatic N) is 4. The molecule has 0 fully saturated rings. The average Bonchev–Trinajstić information content (AvgIpc) is 2.73. The number of nitro groups is 2. The Labute approximate surface area is 180 Å². The van der Waals surface area contributed by atoms with E-state index in [2.05, 4.69) is 20.9 Å².